The summed E-state index contributed by atoms with van der Waals surface area (Å²) in [6, 6.07) is 5.85. The number of rotatable bonds is 7. The molecule has 1 heterocycles. The molecule has 0 aromatic heterocycles. The van der Waals surface area contributed by atoms with Crippen LogP contribution < -0.4 is 10.1 Å². The first-order chi connectivity index (χ1) is 14.1. The minimum absolute atomic E-state index is 0.0795. The van der Waals surface area contributed by atoms with Crippen molar-refractivity contribution in [1.29, 1.82) is 0 Å². The maximum atomic E-state index is 12.8. The molecule has 1 aromatic rings. The highest BCUT2D eigenvalue weighted by molar-refractivity contribution is 5.99. The second-order valence-corrected chi connectivity index (χ2v) is 7.98. The van der Waals surface area contributed by atoms with E-state index in [2.05, 4.69) is 5.32 Å². The fourth-order valence-electron chi connectivity index (χ4n) is 3.46. The van der Waals surface area contributed by atoms with E-state index in [9.17, 15) is 14.4 Å². The Labute approximate surface area is 177 Å². The average Bonchev–Trinajstić information content (AvgIpc) is 2.69. The van der Waals surface area contributed by atoms with Gasteiger partial charge in [0.25, 0.3) is 11.8 Å². The third-order valence-corrected chi connectivity index (χ3v) is 4.93. The van der Waals surface area contributed by atoms with Crippen LogP contribution in [0.25, 0.3) is 0 Å². The van der Waals surface area contributed by atoms with Crippen LogP contribution in [0.1, 0.15) is 45.0 Å². The molecule has 0 aliphatic carbocycles. The van der Waals surface area contributed by atoms with Crippen LogP contribution in [-0.4, -0.2) is 67.2 Å². The highest BCUT2D eigenvalue weighted by Crippen LogP contribution is 2.18. The van der Waals surface area contributed by atoms with E-state index in [1.54, 1.807) is 49.9 Å². The van der Waals surface area contributed by atoms with Gasteiger partial charge in [0.15, 0.2) is 6.10 Å². The quantitative estimate of drug-likeness (QED) is 0.679. The van der Waals surface area contributed by atoms with Crippen molar-refractivity contribution in [2.24, 2.45) is 5.92 Å². The number of methoxy groups -OCH3 is 1. The number of nitrogens with zero attached hydrogens (tertiary/aromatic N) is 1. The summed E-state index contributed by atoms with van der Waals surface area (Å²) in [7, 11) is 1.47. The molecule has 30 heavy (non-hydrogen) atoms. The number of para-hydroxylation sites is 1. The molecule has 1 aromatic carbocycles. The molecule has 1 fully saturated rings. The fraction of sp³-hybridized carbons (Fsp3) is 0.591. The maximum absolute atomic E-state index is 12.8. The zero-order valence-electron chi connectivity index (χ0n) is 18.5. The Balaban J connectivity index is 2.04. The Kier molecular flexibility index (Phi) is 8.23. The van der Waals surface area contributed by atoms with Gasteiger partial charge in [0.05, 0.1) is 24.9 Å². The lowest BCUT2D eigenvalue weighted by molar-refractivity contribution is -0.166. The van der Waals surface area contributed by atoms with Gasteiger partial charge in [0.1, 0.15) is 11.8 Å². The van der Waals surface area contributed by atoms with Crippen molar-refractivity contribution in [3.8, 4) is 5.75 Å². The Morgan fingerprint density at radius 1 is 1.10 bits per heavy atom. The van der Waals surface area contributed by atoms with E-state index < -0.39 is 24.0 Å². The highest BCUT2D eigenvalue weighted by Gasteiger charge is 2.33. The maximum Gasteiger partial charge on any atom is 0.329 e. The van der Waals surface area contributed by atoms with Gasteiger partial charge in [0.2, 0.25) is 0 Å². The summed E-state index contributed by atoms with van der Waals surface area (Å²) >= 11 is 0. The molecule has 4 atom stereocenters. The van der Waals surface area contributed by atoms with Gasteiger partial charge in [-0.15, -0.1) is 0 Å². The van der Waals surface area contributed by atoms with Gasteiger partial charge in [-0.2, -0.15) is 0 Å². The molecular formula is C22H32N2O6. The van der Waals surface area contributed by atoms with E-state index in [1.807, 2.05) is 13.8 Å². The van der Waals surface area contributed by atoms with E-state index in [1.165, 1.54) is 7.11 Å². The molecule has 1 aliphatic rings. The summed E-state index contributed by atoms with van der Waals surface area (Å²) in [5, 5.41) is 2.71. The largest absolute Gasteiger partial charge is 0.496 e. The lowest BCUT2D eigenvalue weighted by Gasteiger charge is -2.36. The predicted octanol–water partition coefficient (Wildman–Crippen LogP) is 2.02. The average molecular weight is 421 g/mol. The smallest absolute Gasteiger partial charge is 0.329 e. The zero-order chi connectivity index (χ0) is 22.4. The summed E-state index contributed by atoms with van der Waals surface area (Å²) < 4.78 is 16.3. The molecule has 1 saturated heterocycles. The fourth-order valence-corrected chi connectivity index (χ4v) is 3.46. The normalized spacial score (nSPS) is 21.0. The molecule has 2 rings (SSSR count). The van der Waals surface area contributed by atoms with Crippen molar-refractivity contribution < 1.29 is 28.6 Å². The molecule has 2 amide bonds. The van der Waals surface area contributed by atoms with Crippen molar-refractivity contribution in [3.63, 3.8) is 0 Å². The number of nitrogens with one attached hydrogen (secondary N) is 1. The minimum atomic E-state index is -0.959. The van der Waals surface area contributed by atoms with Crippen molar-refractivity contribution >= 4 is 17.8 Å². The minimum Gasteiger partial charge on any atom is -0.496 e. The Bertz CT molecular complexity index is 756. The lowest BCUT2D eigenvalue weighted by Crippen LogP contribution is -2.52. The third-order valence-electron chi connectivity index (χ3n) is 4.93. The number of carbonyl (C=O) groups is 3. The van der Waals surface area contributed by atoms with Crippen molar-refractivity contribution in [1.82, 2.24) is 10.2 Å². The highest BCUT2D eigenvalue weighted by atomic mass is 16.6. The molecule has 1 N–H and O–H groups in total. The van der Waals surface area contributed by atoms with Gasteiger partial charge in [-0.3, -0.25) is 9.59 Å². The van der Waals surface area contributed by atoms with E-state index in [0.717, 1.165) is 0 Å². The van der Waals surface area contributed by atoms with Gasteiger partial charge in [-0.25, -0.2) is 4.79 Å². The predicted molar refractivity (Wildman–Crippen MR) is 111 cm³/mol. The van der Waals surface area contributed by atoms with Crippen LogP contribution in [0.15, 0.2) is 24.3 Å². The molecule has 0 spiro atoms. The van der Waals surface area contributed by atoms with Crippen LogP contribution in [0, 0.1) is 5.92 Å². The molecular weight excluding hydrogens is 388 g/mol. The number of hydrogen-bond acceptors (Lipinski definition) is 6. The van der Waals surface area contributed by atoms with Crippen LogP contribution in [0.3, 0.4) is 0 Å². The van der Waals surface area contributed by atoms with Crippen molar-refractivity contribution in [3.05, 3.63) is 29.8 Å². The van der Waals surface area contributed by atoms with Gasteiger partial charge in [-0.05, 0) is 38.8 Å². The Morgan fingerprint density at radius 3 is 2.27 bits per heavy atom. The first-order valence-corrected chi connectivity index (χ1v) is 10.2. The number of morpholine rings is 1. The summed E-state index contributed by atoms with van der Waals surface area (Å²) in [4.78, 5) is 39.8. The second kappa shape index (κ2) is 10.4. The standard InChI is InChI=1S/C22H32N2O6/c1-13(2)19(23-20(25)17-9-7-8-10-18(17)28-6)22(27)30-16(5)21(26)24-11-14(3)29-15(4)12-24/h7-10,13-16,19H,11-12H2,1-6H3,(H,23,25)/t14-,15+,16-,19+/m0/s1. The van der Waals surface area contributed by atoms with E-state index in [4.69, 9.17) is 14.2 Å². The summed E-state index contributed by atoms with van der Waals surface area (Å²) in [5.74, 6) is -1.20. The number of ether oxygens (including phenoxy) is 3. The molecule has 0 saturated carbocycles. The van der Waals surface area contributed by atoms with Crippen LogP contribution >= 0.6 is 0 Å². The Hall–Kier alpha value is -2.61. The van der Waals surface area contributed by atoms with E-state index in [-0.39, 0.29) is 24.0 Å². The monoisotopic (exact) mass is 420 g/mol. The third kappa shape index (κ3) is 5.95. The molecule has 1 aliphatic heterocycles. The number of amides is 2. The van der Waals surface area contributed by atoms with Gasteiger partial charge >= 0.3 is 5.97 Å². The van der Waals surface area contributed by atoms with E-state index in [0.29, 0.717) is 24.4 Å². The number of benzene rings is 1. The molecule has 0 bridgehead atoms. The first kappa shape index (κ1) is 23.7. The van der Waals surface area contributed by atoms with Gasteiger partial charge in [0, 0.05) is 13.1 Å². The molecule has 0 unspecified atom stereocenters. The van der Waals surface area contributed by atoms with Gasteiger partial charge < -0.3 is 24.4 Å². The van der Waals surface area contributed by atoms with Crippen molar-refractivity contribution in [2.45, 2.75) is 59.0 Å². The first-order valence-electron chi connectivity index (χ1n) is 10.2. The molecule has 166 valence electrons. The topological polar surface area (TPSA) is 94.2 Å². The van der Waals surface area contributed by atoms with Crippen molar-refractivity contribution in [2.75, 3.05) is 20.2 Å². The summed E-state index contributed by atoms with van der Waals surface area (Å²) in [6.07, 6.45) is -1.12. The Morgan fingerprint density at radius 2 is 1.70 bits per heavy atom. The second-order valence-electron chi connectivity index (χ2n) is 7.98. The van der Waals surface area contributed by atoms with E-state index >= 15 is 0 Å². The van der Waals surface area contributed by atoms with Gasteiger partial charge in [-0.1, -0.05) is 26.0 Å². The molecule has 8 heteroatoms. The molecule has 0 radical (unpaired) electrons. The SMILES string of the molecule is COc1ccccc1C(=O)N[C@@H](C(=O)O[C@@H](C)C(=O)N1C[C@@H](C)O[C@@H](C)C1)C(C)C. The zero-order valence-corrected chi connectivity index (χ0v) is 18.5. The van der Waals surface area contributed by atoms with Crippen LogP contribution in [0.5, 0.6) is 5.75 Å². The number of esters is 1. The van der Waals surface area contributed by atoms with Crippen LogP contribution in [-0.2, 0) is 19.1 Å². The number of hydrogen-bond donors (Lipinski definition) is 1. The summed E-state index contributed by atoms with van der Waals surface area (Å²) in [6.45, 7) is 9.83. The molecule has 8 nitrogen and oxygen atoms in total. The summed E-state index contributed by atoms with van der Waals surface area (Å²) in [5.41, 5.74) is 0.318. The van der Waals surface area contributed by atoms with Crippen LogP contribution in [0.2, 0.25) is 0 Å². The van der Waals surface area contributed by atoms with Crippen LogP contribution in [0.4, 0.5) is 0 Å². The number of carbonyl (C=O) groups excluding carboxylic acids is 3. The lowest BCUT2D eigenvalue weighted by atomic mass is 10.0.